The number of likely N-dealkylation sites (tertiary alicyclic amines) is 1. The minimum Gasteiger partial charge on any atom is -0.445 e. The maximum Gasteiger partial charge on any atom is 0.416 e. The highest BCUT2D eigenvalue weighted by Crippen LogP contribution is 2.49. The molecule has 0 radical (unpaired) electrons. The second-order valence-electron chi connectivity index (χ2n) is 8.64. The van der Waals surface area contributed by atoms with Crippen molar-refractivity contribution in [2.24, 2.45) is 0 Å². The van der Waals surface area contributed by atoms with Gasteiger partial charge in [-0.25, -0.2) is 9.18 Å². The molecule has 0 aliphatic carbocycles. The van der Waals surface area contributed by atoms with Gasteiger partial charge in [-0.1, -0.05) is 49.0 Å². The lowest BCUT2D eigenvalue weighted by Crippen LogP contribution is -2.32. The number of rotatable bonds is 4. The molecular weight excluding hydrogens is 503 g/mol. The summed E-state index contributed by atoms with van der Waals surface area (Å²) in [5.74, 6) is -1.74. The van der Waals surface area contributed by atoms with Gasteiger partial charge in [0.05, 0.1) is 17.2 Å². The zero-order chi connectivity index (χ0) is 27.0. The number of halogens is 7. The minimum atomic E-state index is -5.05. The van der Waals surface area contributed by atoms with Crippen LogP contribution in [0, 0.1) is 5.82 Å². The number of benzene rings is 3. The van der Waals surface area contributed by atoms with Crippen molar-refractivity contribution < 1.29 is 40.3 Å². The maximum atomic E-state index is 13.6. The lowest BCUT2D eigenvalue weighted by molar-refractivity contribution is -0.143. The van der Waals surface area contributed by atoms with Crippen LogP contribution in [0.5, 0.6) is 0 Å². The Balaban J connectivity index is 1.77. The van der Waals surface area contributed by atoms with Crippen LogP contribution in [0.25, 0.3) is 0 Å². The zero-order valence-electron chi connectivity index (χ0n) is 19.1. The summed E-state index contributed by atoms with van der Waals surface area (Å²) in [5.41, 5.74) is -2.09. The van der Waals surface area contributed by atoms with Crippen LogP contribution < -0.4 is 0 Å². The van der Waals surface area contributed by atoms with Crippen LogP contribution in [0.3, 0.4) is 0 Å². The summed E-state index contributed by atoms with van der Waals surface area (Å²) >= 11 is 0. The lowest BCUT2D eigenvalue weighted by Gasteiger charge is -2.29. The number of hydrogen-bond acceptors (Lipinski definition) is 2. The molecule has 3 nitrogen and oxygen atoms in total. The van der Waals surface area contributed by atoms with E-state index in [1.807, 2.05) is 0 Å². The molecule has 37 heavy (non-hydrogen) atoms. The molecule has 0 saturated carbocycles. The van der Waals surface area contributed by atoms with Crippen molar-refractivity contribution in [1.82, 2.24) is 4.90 Å². The summed E-state index contributed by atoms with van der Waals surface area (Å²) in [5, 5.41) is 0. The topological polar surface area (TPSA) is 29.5 Å². The summed E-state index contributed by atoms with van der Waals surface area (Å²) in [6.07, 6.45) is -10.9. The monoisotopic (exact) mass is 523 g/mol. The molecule has 1 aliphatic rings. The lowest BCUT2D eigenvalue weighted by atomic mass is 9.83. The van der Waals surface area contributed by atoms with E-state index in [0.717, 1.165) is 12.1 Å². The Morgan fingerprint density at radius 3 is 1.97 bits per heavy atom. The van der Waals surface area contributed by atoms with Crippen LogP contribution in [0.2, 0.25) is 0 Å². The first-order chi connectivity index (χ1) is 17.3. The van der Waals surface area contributed by atoms with Crippen molar-refractivity contribution in [2.75, 3.05) is 6.54 Å². The van der Waals surface area contributed by atoms with E-state index in [0.29, 0.717) is 23.3 Å². The molecule has 3 aromatic carbocycles. The second-order valence-corrected chi connectivity index (χ2v) is 8.64. The number of carbonyl (C=O) groups excluding carboxylic acids is 1. The number of hydrogen-bond donors (Lipinski definition) is 0. The van der Waals surface area contributed by atoms with Crippen molar-refractivity contribution in [1.29, 1.82) is 0 Å². The molecule has 1 saturated heterocycles. The fourth-order valence-electron chi connectivity index (χ4n) is 4.41. The van der Waals surface area contributed by atoms with Crippen molar-refractivity contribution in [3.63, 3.8) is 0 Å². The number of alkyl halides is 6. The zero-order valence-corrected chi connectivity index (χ0v) is 19.1. The highest BCUT2D eigenvalue weighted by Gasteiger charge is 2.44. The van der Waals surface area contributed by atoms with Gasteiger partial charge in [0.25, 0.3) is 0 Å². The number of ether oxygens (including phenoxy) is 1. The predicted molar refractivity (Wildman–Crippen MR) is 121 cm³/mol. The fourth-order valence-corrected chi connectivity index (χ4v) is 4.41. The molecule has 194 valence electrons. The Hall–Kier alpha value is -3.82. The van der Waals surface area contributed by atoms with E-state index in [2.05, 4.69) is 6.58 Å². The van der Waals surface area contributed by atoms with E-state index in [-0.39, 0.29) is 30.4 Å². The van der Waals surface area contributed by atoms with Gasteiger partial charge in [0.2, 0.25) is 0 Å². The van der Waals surface area contributed by atoms with Crippen molar-refractivity contribution in [2.45, 2.75) is 30.9 Å². The number of amides is 1. The van der Waals surface area contributed by atoms with Crippen LogP contribution in [0.1, 0.15) is 39.8 Å². The van der Waals surface area contributed by atoms with Gasteiger partial charge in [-0.3, -0.25) is 4.90 Å². The van der Waals surface area contributed by atoms with Gasteiger partial charge in [-0.05, 0) is 52.6 Å². The van der Waals surface area contributed by atoms with E-state index < -0.39 is 47.3 Å². The van der Waals surface area contributed by atoms with E-state index in [1.54, 1.807) is 30.3 Å². The molecule has 1 fully saturated rings. The van der Waals surface area contributed by atoms with Gasteiger partial charge < -0.3 is 4.74 Å². The van der Waals surface area contributed by atoms with Crippen molar-refractivity contribution in [3.8, 4) is 0 Å². The summed E-state index contributed by atoms with van der Waals surface area (Å²) in [4.78, 5) is 14.2. The minimum absolute atomic E-state index is 0.0417. The maximum absolute atomic E-state index is 13.6. The third kappa shape index (κ3) is 5.79. The summed E-state index contributed by atoms with van der Waals surface area (Å²) in [6, 6.07) is 13.7. The first-order valence-electron chi connectivity index (χ1n) is 11.0. The van der Waals surface area contributed by atoms with Crippen LogP contribution >= 0.6 is 0 Å². The third-order valence-electron chi connectivity index (χ3n) is 6.09. The third-order valence-corrected chi connectivity index (χ3v) is 6.09. The molecule has 2 atom stereocenters. The number of carbonyl (C=O) groups is 1. The molecule has 1 amide bonds. The molecule has 10 heteroatoms. The van der Waals surface area contributed by atoms with E-state index in [9.17, 15) is 35.5 Å². The van der Waals surface area contributed by atoms with Gasteiger partial charge in [0.1, 0.15) is 12.4 Å². The Kier molecular flexibility index (Phi) is 7.03. The molecule has 3 aromatic rings. The standard InChI is InChI=1S/C27H20F7NO2/c1-16-14-35(25(36)37-15-17-5-3-2-4-6-17)24(18-7-9-22(28)10-8-18)23(16)19-11-20(26(29,30)31)13-21(12-19)27(32,33)34/h2-13,23-24H,1,14-15H2/t23-,24+/m1/s1. The molecule has 4 rings (SSSR count). The molecular formula is C27H20F7NO2. The molecule has 0 spiro atoms. The Labute approximate surface area is 207 Å². The first-order valence-corrected chi connectivity index (χ1v) is 11.0. The van der Waals surface area contributed by atoms with Crippen LogP contribution in [-0.4, -0.2) is 17.5 Å². The van der Waals surface area contributed by atoms with Crippen molar-refractivity contribution >= 4 is 6.09 Å². The highest BCUT2D eigenvalue weighted by molar-refractivity contribution is 5.71. The summed E-state index contributed by atoms with van der Waals surface area (Å²) < 4.78 is 100. The smallest absolute Gasteiger partial charge is 0.416 e. The van der Waals surface area contributed by atoms with Crippen LogP contribution in [0.4, 0.5) is 35.5 Å². The second kappa shape index (κ2) is 9.91. The SMILES string of the molecule is C=C1CN(C(=O)OCc2ccccc2)[C@@H](c2ccc(F)cc2)[C@H]1c1cc(C(F)(F)F)cc(C(F)(F)F)c1. The quantitative estimate of drug-likeness (QED) is 0.257. The van der Waals surface area contributed by atoms with Crippen LogP contribution in [0.15, 0.2) is 84.9 Å². The van der Waals surface area contributed by atoms with E-state index in [1.165, 1.54) is 17.0 Å². The van der Waals surface area contributed by atoms with Gasteiger partial charge in [0, 0.05) is 12.5 Å². The van der Waals surface area contributed by atoms with E-state index in [4.69, 9.17) is 4.74 Å². The fraction of sp³-hybridized carbons (Fsp3) is 0.222. The Bertz CT molecular complexity index is 1250. The normalized spacial score (nSPS) is 18.2. The van der Waals surface area contributed by atoms with Gasteiger partial charge in [-0.15, -0.1) is 0 Å². The number of nitrogens with zero attached hydrogens (tertiary/aromatic N) is 1. The van der Waals surface area contributed by atoms with Crippen LogP contribution in [-0.2, 0) is 23.7 Å². The Morgan fingerprint density at radius 1 is 0.865 bits per heavy atom. The van der Waals surface area contributed by atoms with Gasteiger partial charge in [0.15, 0.2) is 0 Å². The van der Waals surface area contributed by atoms with Gasteiger partial charge >= 0.3 is 18.4 Å². The Morgan fingerprint density at radius 2 is 1.43 bits per heavy atom. The first kappa shape index (κ1) is 26.2. The highest BCUT2D eigenvalue weighted by atomic mass is 19.4. The molecule has 0 N–H and O–H groups in total. The molecule has 1 aliphatic heterocycles. The predicted octanol–water partition coefficient (Wildman–Crippen LogP) is 7.90. The molecule has 0 bridgehead atoms. The van der Waals surface area contributed by atoms with E-state index >= 15 is 0 Å². The molecule has 1 heterocycles. The largest absolute Gasteiger partial charge is 0.445 e. The summed E-state index contributed by atoms with van der Waals surface area (Å²) in [7, 11) is 0. The van der Waals surface area contributed by atoms with Gasteiger partial charge in [-0.2, -0.15) is 26.3 Å². The average molecular weight is 523 g/mol. The summed E-state index contributed by atoms with van der Waals surface area (Å²) in [6.45, 7) is 3.57. The molecule has 0 unspecified atom stereocenters. The molecule has 0 aromatic heterocycles. The average Bonchev–Trinajstić information content (AvgIpc) is 3.19. The van der Waals surface area contributed by atoms with Crippen molar-refractivity contribution in [3.05, 3.63) is 119 Å².